The topological polar surface area (TPSA) is 23.6 Å². The summed E-state index contributed by atoms with van der Waals surface area (Å²) in [5, 5.41) is 0. The average molecular weight is 167 g/mol. The third kappa shape index (κ3) is 1.40. The molecule has 0 unspecified atom stereocenters. The van der Waals surface area contributed by atoms with Gasteiger partial charge in [0.05, 0.1) is 0 Å². The highest BCUT2D eigenvalue weighted by atomic mass is 16.2. The van der Waals surface area contributed by atoms with E-state index in [0.29, 0.717) is 0 Å². The monoisotopic (exact) mass is 167 g/mol. The first-order chi connectivity index (χ1) is 5.88. The molecule has 0 aromatic heterocycles. The predicted octanol–water partition coefficient (Wildman–Crippen LogP) is 1.11. The van der Waals surface area contributed by atoms with Gasteiger partial charge in [0.25, 0.3) is 0 Å². The van der Waals surface area contributed by atoms with Gasteiger partial charge >= 0.3 is 6.03 Å². The van der Waals surface area contributed by atoms with E-state index in [0.717, 1.165) is 32.6 Å². The first kappa shape index (κ1) is 7.90. The van der Waals surface area contributed by atoms with Crippen LogP contribution in [0, 0.1) is 6.42 Å². The predicted molar refractivity (Wildman–Crippen MR) is 46.7 cm³/mol. The zero-order chi connectivity index (χ0) is 8.39. The number of hydrogen-bond donors (Lipinski definition) is 0. The quantitative estimate of drug-likeness (QED) is 0.530. The third-order valence-electron chi connectivity index (χ3n) is 2.58. The van der Waals surface area contributed by atoms with E-state index in [9.17, 15) is 4.79 Å². The SMILES string of the molecule is O=C(N1C[CH]CCC1)N1CCC1. The lowest BCUT2D eigenvalue weighted by Crippen LogP contribution is -2.51. The summed E-state index contributed by atoms with van der Waals surface area (Å²) in [6.07, 6.45) is 5.69. The molecule has 67 valence electrons. The van der Waals surface area contributed by atoms with E-state index in [1.165, 1.54) is 12.8 Å². The minimum absolute atomic E-state index is 0.247. The second-order valence-corrected chi connectivity index (χ2v) is 3.50. The van der Waals surface area contributed by atoms with Gasteiger partial charge in [0.2, 0.25) is 0 Å². The molecule has 3 heteroatoms. The maximum Gasteiger partial charge on any atom is 0.320 e. The smallest absolute Gasteiger partial charge is 0.320 e. The average Bonchev–Trinajstić information content (AvgIpc) is 2.03. The van der Waals surface area contributed by atoms with Crippen molar-refractivity contribution in [3.8, 4) is 0 Å². The van der Waals surface area contributed by atoms with Crippen molar-refractivity contribution in [2.24, 2.45) is 0 Å². The van der Waals surface area contributed by atoms with E-state index in [2.05, 4.69) is 6.42 Å². The zero-order valence-electron chi connectivity index (χ0n) is 7.33. The van der Waals surface area contributed by atoms with Crippen LogP contribution in [0.15, 0.2) is 0 Å². The van der Waals surface area contributed by atoms with Gasteiger partial charge in [-0.15, -0.1) is 0 Å². The van der Waals surface area contributed by atoms with Crippen molar-refractivity contribution in [2.75, 3.05) is 26.2 Å². The number of amides is 2. The summed E-state index contributed by atoms with van der Waals surface area (Å²) in [7, 11) is 0. The zero-order valence-corrected chi connectivity index (χ0v) is 7.33. The second kappa shape index (κ2) is 3.33. The van der Waals surface area contributed by atoms with E-state index in [1.807, 2.05) is 9.80 Å². The largest absolute Gasteiger partial charge is 0.325 e. The van der Waals surface area contributed by atoms with Gasteiger partial charge in [-0.3, -0.25) is 0 Å². The van der Waals surface area contributed by atoms with Gasteiger partial charge in [0.15, 0.2) is 0 Å². The summed E-state index contributed by atoms with van der Waals surface area (Å²) in [5.41, 5.74) is 0. The van der Waals surface area contributed by atoms with Gasteiger partial charge in [0.1, 0.15) is 0 Å². The van der Waals surface area contributed by atoms with Crippen LogP contribution in [0.5, 0.6) is 0 Å². The van der Waals surface area contributed by atoms with E-state index in [4.69, 9.17) is 0 Å². The van der Waals surface area contributed by atoms with Crippen LogP contribution in [-0.4, -0.2) is 42.0 Å². The molecule has 2 aliphatic heterocycles. The van der Waals surface area contributed by atoms with Crippen LogP contribution in [-0.2, 0) is 0 Å². The maximum atomic E-state index is 11.6. The Labute approximate surface area is 73.3 Å². The lowest BCUT2D eigenvalue weighted by atomic mass is 10.1. The first-order valence-corrected chi connectivity index (χ1v) is 4.73. The molecule has 0 bridgehead atoms. The number of likely N-dealkylation sites (tertiary alicyclic amines) is 2. The molecule has 2 amide bonds. The van der Waals surface area contributed by atoms with Crippen LogP contribution < -0.4 is 0 Å². The van der Waals surface area contributed by atoms with Crippen molar-refractivity contribution in [1.82, 2.24) is 9.80 Å². The lowest BCUT2D eigenvalue weighted by Gasteiger charge is -2.37. The molecule has 0 aliphatic carbocycles. The van der Waals surface area contributed by atoms with Gasteiger partial charge in [-0.25, -0.2) is 4.79 Å². The van der Waals surface area contributed by atoms with Gasteiger partial charge in [0, 0.05) is 26.2 Å². The van der Waals surface area contributed by atoms with Crippen LogP contribution in [0.1, 0.15) is 19.3 Å². The van der Waals surface area contributed by atoms with Crippen molar-refractivity contribution < 1.29 is 4.79 Å². The number of carbonyl (C=O) groups is 1. The summed E-state index contributed by atoms with van der Waals surface area (Å²) in [4.78, 5) is 15.5. The van der Waals surface area contributed by atoms with Crippen molar-refractivity contribution in [2.45, 2.75) is 19.3 Å². The highest BCUT2D eigenvalue weighted by Gasteiger charge is 2.25. The van der Waals surface area contributed by atoms with Crippen LogP contribution in [0.2, 0.25) is 0 Å². The number of nitrogens with zero attached hydrogens (tertiary/aromatic N) is 2. The summed E-state index contributed by atoms with van der Waals surface area (Å²) >= 11 is 0. The van der Waals surface area contributed by atoms with Crippen LogP contribution >= 0.6 is 0 Å². The number of carbonyl (C=O) groups excluding carboxylic acids is 1. The van der Waals surface area contributed by atoms with Gasteiger partial charge in [-0.1, -0.05) is 0 Å². The fourth-order valence-corrected chi connectivity index (χ4v) is 1.65. The van der Waals surface area contributed by atoms with E-state index in [-0.39, 0.29) is 6.03 Å². The summed E-state index contributed by atoms with van der Waals surface area (Å²) in [5.74, 6) is 0. The highest BCUT2D eigenvalue weighted by Crippen LogP contribution is 2.14. The van der Waals surface area contributed by atoms with Crippen molar-refractivity contribution in [3.05, 3.63) is 6.42 Å². The molecule has 2 aliphatic rings. The second-order valence-electron chi connectivity index (χ2n) is 3.50. The maximum absolute atomic E-state index is 11.6. The molecule has 0 aromatic rings. The molecule has 2 fully saturated rings. The Balaban J connectivity index is 1.84. The fourth-order valence-electron chi connectivity index (χ4n) is 1.65. The fraction of sp³-hybridized carbons (Fsp3) is 0.778. The number of hydrogen-bond acceptors (Lipinski definition) is 1. The number of urea groups is 1. The first-order valence-electron chi connectivity index (χ1n) is 4.73. The summed E-state index contributed by atoms with van der Waals surface area (Å²) in [6, 6.07) is 0.247. The van der Waals surface area contributed by atoms with Crippen molar-refractivity contribution in [1.29, 1.82) is 0 Å². The molecule has 1 radical (unpaired) electrons. The van der Waals surface area contributed by atoms with Gasteiger partial charge < -0.3 is 9.80 Å². The summed E-state index contributed by atoms with van der Waals surface area (Å²) in [6.45, 7) is 3.74. The Kier molecular flexibility index (Phi) is 2.19. The molecule has 3 nitrogen and oxygen atoms in total. The van der Waals surface area contributed by atoms with Crippen LogP contribution in [0.25, 0.3) is 0 Å². The van der Waals surface area contributed by atoms with Gasteiger partial charge in [-0.2, -0.15) is 0 Å². The molecule has 12 heavy (non-hydrogen) atoms. The van der Waals surface area contributed by atoms with E-state index < -0.39 is 0 Å². The Bertz CT molecular complexity index is 171. The Hall–Kier alpha value is -0.730. The molecule has 0 saturated carbocycles. The van der Waals surface area contributed by atoms with Crippen molar-refractivity contribution >= 4 is 6.03 Å². The number of piperidine rings is 1. The van der Waals surface area contributed by atoms with Crippen molar-refractivity contribution in [3.63, 3.8) is 0 Å². The molecule has 0 spiro atoms. The van der Waals surface area contributed by atoms with Crippen LogP contribution in [0.4, 0.5) is 4.79 Å². The Morgan fingerprint density at radius 1 is 1.08 bits per heavy atom. The molecule has 0 aromatic carbocycles. The van der Waals surface area contributed by atoms with Crippen LogP contribution in [0.3, 0.4) is 0 Å². The number of rotatable bonds is 0. The van der Waals surface area contributed by atoms with E-state index >= 15 is 0 Å². The standard InChI is InChI=1S/C9H15N2O/c12-9(11-7-4-8-11)10-5-2-1-3-6-10/h2H,1,3-8H2. The highest BCUT2D eigenvalue weighted by molar-refractivity contribution is 5.75. The lowest BCUT2D eigenvalue weighted by molar-refractivity contribution is 0.125. The molecule has 2 saturated heterocycles. The summed E-state index contributed by atoms with van der Waals surface area (Å²) < 4.78 is 0. The third-order valence-corrected chi connectivity index (χ3v) is 2.58. The molecule has 2 heterocycles. The molecular weight excluding hydrogens is 152 g/mol. The Morgan fingerprint density at radius 2 is 1.83 bits per heavy atom. The molecular formula is C9H15N2O. The molecule has 0 atom stereocenters. The Morgan fingerprint density at radius 3 is 2.33 bits per heavy atom. The molecule has 2 rings (SSSR count). The minimum Gasteiger partial charge on any atom is -0.325 e. The normalized spacial score (nSPS) is 23.7. The minimum atomic E-state index is 0.247. The van der Waals surface area contributed by atoms with E-state index in [1.54, 1.807) is 0 Å². The van der Waals surface area contributed by atoms with Gasteiger partial charge in [-0.05, 0) is 25.7 Å². The molecule has 0 N–H and O–H groups in total.